The van der Waals surface area contributed by atoms with Gasteiger partial charge in [0.25, 0.3) is 5.91 Å². The highest BCUT2D eigenvalue weighted by atomic mass is 35.5. The molecule has 0 saturated heterocycles. The van der Waals surface area contributed by atoms with Crippen LogP contribution in [0.15, 0.2) is 53.6 Å². The van der Waals surface area contributed by atoms with E-state index in [0.29, 0.717) is 39.7 Å². The largest absolute Gasteiger partial charge is 0.383 e. The van der Waals surface area contributed by atoms with Crippen LogP contribution in [0.1, 0.15) is 36.2 Å². The van der Waals surface area contributed by atoms with Crippen LogP contribution in [-0.2, 0) is 0 Å². The smallest absolute Gasteiger partial charge is 0.257 e. The summed E-state index contributed by atoms with van der Waals surface area (Å²) in [5.41, 5.74) is 9.68. The van der Waals surface area contributed by atoms with Gasteiger partial charge in [-0.1, -0.05) is 49.7 Å². The predicted molar refractivity (Wildman–Crippen MR) is 126 cm³/mol. The second-order valence-corrected chi connectivity index (χ2v) is 8.13. The molecular formula is C23H23ClN6O. The number of hydrogen-bond acceptors (Lipinski definition) is 5. The second kappa shape index (κ2) is 8.73. The lowest BCUT2D eigenvalue weighted by atomic mass is 10.1. The van der Waals surface area contributed by atoms with Crippen LogP contribution in [0.4, 0.5) is 5.82 Å². The zero-order valence-corrected chi connectivity index (χ0v) is 18.1. The number of hydrogen-bond donors (Lipinski definition) is 2. The third kappa shape index (κ3) is 4.36. The minimum Gasteiger partial charge on any atom is -0.383 e. The van der Waals surface area contributed by atoms with Crippen LogP contribution in [-0.4, -0.2) is 33.3 Å². The van der Waals surface area contributed by atoms with E-state index in [2.05, 4.69) is 34.2 Å². The Morgan fingerprint density at radius 2 is 1.94 bits per heavy atom. The predicted octanol–water partition coefficient (Wildman–Crippen LogP) is 4.48. The minimum absolute atomic E-state index is 0.186. The van der Waals surface area contributed by atoms with Gasteiger partial charge in [0, 0.05) is 11.6 Å². The van der Waals surface area contributed by atoms with Crippen LogP contribution in [0.2, 0.25) is 5.02 Å². The van der Waals surface area contributed by atoms with E-state index in [4.69, 9.17) is 17.3 Å². The molecule has 0 spiro atoms. The number of carbonyl (C=O) groups excluding carboxylic acids is 1. The summed E-state index contributed by atoms with van der Waals surface area (Å²) in [6.07, 6.45) is 2.49. The van der Waals surface area contributed by atoms with Crippen molar-refractivity contribution in [1.29, 1.82) is 0 Å². The van der Waals surface area contributed by atoms with Crippen molar-refractivity contribution in [2.24, 2.45) is 11.0 Å². The van der Waals surface area contributed by atoms with E-state index in [1.807, 2.05) is 36.4 Å². The lowest BCUT2D eigenvalue weighted by Crippen LogP contribution is -2.26. The third-order valence-electron chi connectivity index (χ3n) is 4.88. The zero-order valence-electron chi connectivity index (χ0n) is 17.3. The number of anilines is 1. The van der Waals surface area contributed by atoms with E-state index in [-0.39, 0.29) is 17.3 Å². The topological polar surface area (TPSA) is 98.2 Å². The molecule has 2 heterocycles. The van der Waals surface area contributed by atoms with E-state index >= 15 is 0 Å². The molecule has 0 aliphatic carbocycles. The van der Waals surface area contributed by atoms with Gasteiger partial charge in [-0.2, -0.15) is 9.78 Å². The molecule has 0 aliphatic heterocycles. The number of nitrogens with one attached hydrogen (secondary N) is 1. The molecule has 2 aromatic heterocycles. The maximum Gasteiger partial charge on any atom is 0.257 e. The van der Waals surface area contributed by atoms with Gasteiger partial charge in [0.2, 0.25) is 0 Å². The van der Waals surface area contributed by atoms with Crippen molar-refractivity contribution in [3.63, 3.8) is 0 Å². The van der Waals surface area contributed by atoms with Gasteiger partial charge in [0.1, 0.15) is 16.9 Å². The molecule has 158 valence electrons. The van der Waals surface area contributed by atoms with E-state index < -0.39 is 0 Å². The standard InChI is InChI=1S/C23H23ClN6O/c1-14(2)10-11-26-23(31)19-20-22(29-18-9-4-3-8-17(18)28-20)30(21(19)25)27-13-15-6-5-7-16(24)12-15/h3-9,12-14H,10-11,25H2,1-2H3,(H,26,31)/b27-13-. The molecule has 0 fully saturated rings. The molecule has 7 nitrogen and oxygen atoms in total. The molecule has 0 radical (unpaired) electrons. The Balaban J connectivity index is 1.83. The van der Waals surface area contributed by atoms with Gasteiger partial charge in [-0.15, -0.1) is 0 Å². The fourth-order valence-electron chi connectivity index (χ4n) is 3.26. The normalized spacial score (nSPS) is 11.7. The van der Waals surface area contributed by atoms with Crippen molar-refractivity contribution in [3.8, 4) is 0 Å². The Morgan fingerprint density at radius 1 is 1.19 bits per heavy atom. The lowest BCUT2D eigenvalue weighted by molar-refractivity contribution is 0.0954. The van der Waals surface area contributed by atoms with Crippen LogP contribution in [0.3, 0.4) is 0 Å². The molecule has 3 N–H and O–H groups in total. The number of para-hydroxylation sites is 2. The summed E-state index contributed by atoms with van der Waals surface area (Å²) in [5.74, 6) is 0.375. The van der Waals surface area contributed by atoms with Crippen molar-refractivity contribution in [1.82, 2.24) is 20.0 Å². The monoisotopic (exact) mass is 434 g/mol. The summed E-state index contributed by atoms with van der Waals surface area (Å²) in [7, 11) is 0. The lowest BCUT2D eigenvalue weighted by Gasteiger charge is -2.07. The van der Waals surface area contributed by atoms with Crippen LogP contribution in [0.25, 0.3) is 22.2 Å². The first-order chi connectivity index (χ1) is 14.9. The number of carbonyl (C=O) groups is 1. The fourth-order valence-corrected chi connectivity index (χ4v) is 3.46. The first kappa shape index (κ1) is 20.8. The molecular weight excluding hydrogens is 412 g/mol. The molecule has 2 aromatic carbocycles. The highest BCUT2D eigenvalue weighted by Gasteiger charge is 2.23. The van der Waals surface area contributed by atoms with E-state index in [9.17, 15) is 4.79 Å². The molecule has 4 aromatic rings. The number of amides is 1. The van der Waals surface area contributed by atoms with Crippen LogP contribution < -0.4 is 11.1 Å². The fraction of sp³-hybridized carbons (Fsp3) is 0.217. The first-order valence-electron chi connectivity index (χ1n) is 10.1. The molecule has 0 aliphatic rings. The maximum absolute atomic E-state index is 13.0. The Morgan fingerprint density at radius 3 is 2.65 bits per heavy atom. The van der Waals surface area contributed by atoms with E-state index in [1.54, 1.807) is 18.3 Å². The minimum atomic E-state index is -0.288. The molecule has 8 heteroatoms. The number of halogens is 1. The highest BCUT2D eigenvalue weighted by molar-refractivity contribution is 6.30. The first-order valence-corrected chi connectivity index (χ1v) is 10.5. The molecule has 31 heavy (non-hydrogen) atoms. The van der Waals surface area contributed by atoms with Crippen molar-refractivity contribution in [2.75, 3.05) is 12.3 Å². The van der Waals surface area contributed by atoms with Gasteiger partial charge >= 0.3 is 0 Å². The number of nitrogen functional groups attached to an aromatic ring is 1. The number of fused-ring (bicyclic) bond motifs is 2. The Labute approximate surface area is 184 Å². The van der Waals surface area contributed by atoms with E-state index in [1.165, 1.54) is 4.68 Å². The molecule has 0 unspecified atom stereocenters. The van der Waals surface area contributed by atoms with Crippen molar-refractivity contribution >= 4 is 51.7 Å². The number of nitrogens with zero attached hydrogens (tertiary/aromatic N) is 4. The number of nitrogens with two attached hydrogens (primary N) is 1. The summed E-state index contributed by atoms with van der Waals surface area (Å²) in [6, 6.07) is 14.8. The summed E-state index contributed by atoms with van der Waals surface area (Å²) >= 11 is 6.07. The summed E-state index contributed by atoms with van der Waals surface area (Å²) < 4.78 is 1.45. The average Bonchev–Trinajstić information content (AvgIpc) is 3.00. The van der Waals surface area contributed by atoms with Gasteiger partial charge in [-0.05, 0) is 42.2 Å². The summed E-state index contributed by atoms with van der Waals surface area (Å²) in [4.78, 5) is 22.3. The van der Waals surface area contributed by atoms with Crippen LogP contribution in [0.5, 0.6) is 0 Å². The Hall–Kier alpha value is -3.45. The van der Waals surface area contributed by atoms with Crippen LogP contribution in [0, 0.1) is 5.92 Å². The maximum atomic E-state index is 13.0. The Bertz CT molecular complexity index is 1290. The van der Waals surface area contributed by atoms with Gasteiger partial charge < -0.3 is 11.1 Å². The zero-order chi connectivity index (χ0) is 22.0. The SMILES string of the molecule is CC(C)CCNC(=O)c1c(N)n(/N=C\c2cccc(Cl)c2)c2nc3ccccc3nc12. The van der Waals surface area contributed by atoms with Gasteiger partial charge in [-0.25, -0.2) is 9.97 Å². The molecule has 0 bridgehead atoms. The summed E-state index contributed by atoms with van der Waals surface area (Å²) in [6.45, 7) is 4.76. The van der Waals surface area contributed by atoms with Crippen molar-refractivity contribution in [2.45, 2.75) is 20.3 Å². The van der Waals surface area contributed by atoms with Crippen molar-refractivity contribution in [3.05, 3.63) is 64.7 Å². The molecule has 0 atom stereocenters. The number of rotatable bonds is 6. The number of benzene rings is 2. The van der Waals surface area contributed by atoms with Crippen LogP contribution >= 0.6 is 11.6 Å². The second-order valence-electron chi connectivity index (χ2n) is 7.69. The Kier molecular flexibility index (Phi) is 5.86. The quantitative estimate of drug-likeness (QED) is 0.437. The van der Waals surface area contributed by atoms with E-state index in [0.717, 1.165) is 12.0 Å². The van der Waals surface area contributed by atoms with Gasteiger partial charge in [0.15, 0.2) is 5.65 Å². The highest BCUT2D eigenvalue weighted by Crippen LogP contribution is 2.28. The molecule has 4 rings (SSSR count). The third-order valence-corrected chi connectivity index (χ3v) is 5.11. The van der Waals surface area contributed by atoms with Gasteiger partial charge in [0.05, 0.1) is 17.2 Å². The summed E-state index contributed by atoms with van der Waals surface area (Å²) in [5, 5.41) is 8.03. The van der Waals surface area contributed by atoms with Gasteiger partial charge in [-0.3, -0.25) is 4.79 Å². The van der Waals surface area contributed by atoms with Crippen molar-refractivity contribution < 1.29 is 4.79 Å². The average molecular weight is 435 g/mol. The molecule has 1 amide bonds. The number of aromatic nitrogens is 3. The molecule has 0 saturated carbocycles.